The van der Waals surface area contributed by atoms with Crippen LogP contribution in [0.2, 0.25) is 0 Å². The molecule has 1 fully saturated rings. The van der Waals surface area contributed by atoms with Crippen molar-refractivity contribution < 1.29 is 19.1 Å². The summed E-state index contributed by atoms with van der Waals surface area (Å²) in [6.45, 7) is 7.11. The summed E-state index contributed by atoms with van der Waals surface area (Å²) in [4.78, 5) is 27.3. The van der Waals surface area contributed by atoms with Crippen LogP contribution in [0.1, 0.15) is 42.1 Å². The van der Waals surface area contributed by atoms with Gasteiger partial charge in [-0.05, 0) is 49.8 Å². The number of halogens is 1. The lowest BCUT2D eigenvalue weighted by atomic mass is 10.0. The Hall–Kier alpha value is -1.92. The third kappa shape index (κ3) is 11.6. The van der Waals surface area contributed by atoms with Crippen molar-refractivity contribution in [3.63, 3.8) is 0 Å². The molecule has 1 saturated heterocycles. The molecule has 1 aliphatic heterocycles. The maximum atomic E-state index is 11.9. The Balaban J connectivity index is 0.00000512. The molecule has 1 heterocycles. The monoisotopic (exact) mass is 561 g/mol. The normalized spacial score (nSPS) is 14.3. The maximum absolute atomic E-state index is 11.9. The second kappa shape index (κ2) is 16.7. The number of carbonyl (C=O) groups excluding carboxylic acids is 2. The smallest absolute Gasteiger partial charge is 0.251 e. The third-order valence-corrected chi connectivity index (χ3v) is 4.86. The molecule has 0 bridgehead atoms. The number of nitrogens with two attached hydrogens (primary N) is 1. The summed E-state index contributed by atoms with van der Waals surface area (Å²) in [6.07, 6.45) is 3.09. The van der Waals surface area contributed by atoms with Gasteiger partial charge in [-0.2, -0.15) is 0 Å². The molecule has 1 aromatic rings. The molecule has 9 nitrogen and oxygen atoms in total. The highest BCUT2D eigenvalue weighted by Gasteiger charge is 2.13. The number of ether oxygens (including phenoxy) is 2. The van der Waals surface area contributed by atoms with Crippen LogP contribution >= 0.6 is 24.0 Å². The van der Waals surface area contributed by atoms with Crippen molar-refractivity contribution in [1.82, 2.24) is 16.0 Å². The Kier molecular flexibility index (Phi) is 14.7. The van der Waals surface area contributed by atoms with Gasteiger partial charge >= 0.3 is 0 Å². The number of rotatable bonds is 12. The molecular weight excluding hydrogens is 525 g/mol. The second-order valence-corrected chi connectivity index (χ2v) is 7.45. The van der Waals surface area contributed by atoms with Gasteiger partial charge in [0.25, 0.3) is 5.91 Å². The number of primary amides is 1. The molecule has 2 amide bonds. The van der Waals surface area contributed by atoms with Crippen molar-refractivity contribution in [2.75, 3.05) is 46.1 Å². The van der Waals surface area contributed by atoms with Crippen LogP contribution < -0.4 is 21.7 Å². The summed E-state index contributed by atoms with van der Waals surface area (Å²) >= 11 is 0. The van der Waals surface area contributed by atoms with E-state index in [4.69, 9.17) is 15.2 Å². The number of nitrogens with one attached hydrogen (secondary N) is 3. The lowest BCUT2D eigenvalue weighted by Gasteiger charge is -2.21. The number of guanidine groups is 1. The van der Waals surface area contributed by atoms with Crippen molar-refractivity contribution >= 4 is 41.8 Å². The van der Waals surface area contributed by atoms with Crippen molar-refractivity contribution in [2.24, 2.45) is 16.6 Å². The van der Waals surface area contributed by atoms with E-state index in [1.165, 1.54) is 0 Å². The van der Waals surface area contributed by atoms with Gasteiger partial charge in [-0.3, -0.25) is 9.59 Å². The Morgan fingerprint density at radius 2 is 1.88 bits per heavy atom. The maximum Gasteiger partial charge on any atom is 0.251 e. The van der Waals surface area contributed by atoms with E-state index in [-0.39, 0.29) is 36.4 Å². The molecule has 10 heteroatoms. The number of aliphatic imine (C=N–C) groups is 1. The van der Waals surface area contributed by atoms with Crippen molar-refractivity contribution in [1.29, 1.82) is 0 Å². The SMILES string of the molecule is CCNC(=NCc1ccc(C(=O)NCC(N)=O)cc1)NCCCOCC1CCOCC1.I. The standard InChI is InChI=1S/C22H35N5O4.HI/c1-2-24-22(25-10-3-11-31-16-18-8-12-30-13-9-18)27-14-17-4-6-19(7-5-17)21(29)26-15-20(23)28;/h4-7,18H,2-3,8-16H2,1H3,(H2,23,28)(H,26,29)(H2,24,25,27);1H. The molecule has 0 spiro atoms. The summed E-state index contributed by atoms with van der Waals surface area (Å²) in [5.74, 6) is 0.466. The molecule has 0 unspecified atom stereocenters. The van der Waals surface area contributed by atoms with Gasteiger partial charge < -0.3 is 31.2 Å². The predicted octanol–water partition coefficient (Wildman–Crippen LogP) is 1.41. The van der Waals surface area contributed by atoms with E-state index in [9.17, 15) is 9.59 Å². The first-order valence-electron chi connectivity index (χ1n) is 10.9. The van der Waals surface area contributed by atoms with E-state index < -0.39 is 5.91 Å². The van der Waals surface area contributed by atoms with Gasteiger partial charge in [-0.1, -0.05) is 12.1 Å². The van der Waals surface area contributed by atoms with Gasteiger partial charge in [0.05, 0.1) is 13.1 Å². The van der Waals surface area contributed by atoms with Crippen LogP contribution in [0, 0.1) is 5.92 Å². The molecule has 1 aliphatic rings. The third-order valence-electron chi connectivity index (χ3n) is 4.86. The Morgan fingerprint density at radius 3 is 2.53 bits per heavy atom. The first-order valence-corrected chi connectivity index (χ1v) is 10.9. The Morgan fingerprint density at radius 1 is 1.16 bits per heavy atom. The first-order chi connectivity index (χ1) is 15.1. The van der Waals surface area contributed by atoms with Crippen LogP contribution in [-0.4, -0.2) is 63.8 Å². The number of amides is 2. The Bertz CT molecular complexity index is 709. The average Bonchev–Trinajstić information content (AvgIpc) is 2.79. The van der Waals surface area contributed by atoms with Crippen LogP contribution in [0.25, 0.3) is 0 Å². The van der Waals surface area contributed by atoms with Gasteiger partial charge in [0.1, 0.15) is 0 Å². The molecule has 0 saturated carbocycles. The van der Waals surface area contributed by atoms with Crippen molar-refractivity contribution in [2.45, 2.75) is 32.7 Å². The van der Waals surface area contributed by atoms with Crippen molar-refractivity contribution in [3.8, 4) is 0 Å². The van der Waals surface area contributed by atoms with Crippen LogP contribution in [-0.2, 0) is 20.8 Å². The van der Waals surface area contributed by atoms with Crippen LogP contribution in [0.4, 0.5) is 0 Å². The van der Waals surface area contributed by atoms with E-state index in [1.807, 2.05) is 19.1 Å². The van der Waals surface area contributed by atoms with E-state index in [2.05, 4.69) is 20.9 Å². The van der Waals surface area contributed by atoms with Crippen LogP contribution in [0.15, 0.2) is 29.3 Å². The zero-order valence-corrected chi connectivity index (χ0v) is 21.1. The molecule has 32 heavy (non-hydrogen) atoms. The van der Waals surface area contributed by atoms with Gasteiger partial charge in [0.2, 0.25) is 5.91 Å². The highest BCUT2D eigenvalue weighted by molar-refractivity contribution is 14.0. The minimum absolute atomic E-state index is 0. The fourth-order valence-electron chi connectivity index (χ4n) is 3.09. The number of hydrogen-bond acceptors (Lipinski definition) is 5. The average molecular weight is 561 g/mol. The molecule has 1 aromatic carbocycles. The number of carbonyl (C=O) groups is 2. The van der Waals surface area contributed by atoms with Gasteiger partial charge in [-0.15, -0.1) is 24.0 Å². The first kappa shape index (κ1) is 28.1. The number of benzene rings is 1. The zero-order chi connectivity index (χ0) is 22.3. The minimum atomic E-state index is -0.575. The lowest BCUT2D eigenvalue weighted by Crippen LogP contribution is -2.38. The van der Waals surface area contributed by atoms with E-state index in [0.717, 1.165) is 70.3 Å². The number of nitrogens with zero attached hydrogens (tertiary/aromatic N) is 1. The Labute approximate surface area is 207 Å². The topological polar surface area (TPSA) is 127 Å². The van der Waals surface area contributed by atoms with Gasteiger partial charge in [0.15, 0.2) is 5.96 Å². The largest absolute Gasteiger partial charge is 0.381 e. The molecule has 0 radical (unpaired) electrons. The van der Waals surface area contributed by atoms with E-state index in [1.54, 1.807) is 12.1 Å². The highest BCUT2D eigenvalue weighted by Crippen LogP contribution is 2.14. The zero-order valence-electron chi connectivity index (χ0n) is 18.7. The van der Waals surface area contributed by atoms with Gasteiger partial charge in [0, 0.05) is 45.1 Å². The molecule has 5 N–H and O–H groups in total. The lowest BCUT2D eigenvalue weighted by molar-refractivity contribution is -0.117. The molecule has 0 aromatic heterocycles. The summed E-state index contributed by atoms with van der Waals surface area (Å²) in [7, 11) is 0. The van der Waals surface area contributed by atoms with E-state index in [0.29, 0.717) is 18.0 Å². The number of hydrogen-bond donors (Lipinski definition) is 4. The summed E-state index contributed by atoms with van der Waals surface area (Å²) in [5.41, 5.74) is 6.48. The molecule has 2 rings (SSSR count). The quantitative estimate of drug-likeness (QED) is 0.132. The highest BCUT2D eigenvalue weighted by atomic mass is 127. The van der Waals surface area contributed by atoms with Crippen molar-refractivity contribution in [3.05, 3.63) is 35.4 Å². The summed E-state index contributed by atoms with van der Waals surface area (Å²) < 4.78 is 11.2. The summed E-state index contributed by atoms with van der Waals surface area (Å²) in [5, 5.41) is 9.01. The molecule has 180 valence electrons. The molecular formula is C22H36IN5O4. The van der Waals surface area contributed by atoms with Crippen LogP contribution in [0.3, 0.4) is 0 Å². The molecule has 0 atom stereocenters. The van der Waals surface area contributed by atoms with E-state index >= 15 is 0 Å². The predicted molar refractivity (Wildman–Crippen MR) is 135 cm³/mol. The fraction of sp³-hybridized carbons (Fsp3) is 0.591. The minimum Gasteiger partial charge on any atom is -0.381 e. The fourth-order valence-corrected chi connectivity index (χ4v) is 3.09. The van der Waals surface area contributed by atoms with Crippen LogP contribution in [0.5, 0.6) is 0 Å². The van der Waals surface area contributed by atoms with Gasteiger partial charge in [-0.25, -0.2) is 4.99 Å². The second-order valence-electron chi connectivity index (χ2n) is 7.45. The molecule has 0 aliphatic carbocycles. The summed E-state index contributed by atoms with van der Waals surface area (Å²) in [6, 6.07) is 7.10.